The van der Waals surface area contributed by atoms with E-state index in [2.05, 4.69) is 21.2 Å². The lowest BCUT2D eigenvalue weighted by atomic mass is 10.3. The van der Waals surface area contributed by atoms with Crippen molar-refractivity contribution in [2.75, 3.05) is 23.1 Å². The van der Waals surface area contributed by atoms with E-state index in [0.29, 0.717) is 13.1 Å². The van der Waals surface area contributed by atoms with Gasteiger partial charge in [-0.15, -0.1) is 0 Å². The second-order valence-electron chi connectivity index (χ2n) is 4.18. The molecule has 0 saturated carbocycles. The quantitative estimate of drug-likeness (QED) is 0.855. The summed E-state index contributed by atoms with van der Waals surface area (Å²) in [6.07, 6.45) is 0. The van der Waals surface area contributed by atoms with E-state index in [1.54, 1.807) is 0 Å². The molecule has 94 valence electrons. The van der Waals surface area contributed by atoms with Gasteiger partial charge >= 0.3 is 0 Å². The van der Waals surface area contributed by atoms with Crippen LogP contribution in [0.4, 0.5) is 5.69 Å². The van der Waals surface area contributed by atoms with Crippen LogP contribution in [0.5, 0.6) is 0 Å². The number of nitrogens with one attached hydrogen (secondary N) is 1. The summed E-state index contributed by atoms with van der Waals surface area (Å²) in [5, 5.41) is 3.18. The van der Waals surface area contributed by atoms with Crippen molar-refractivity contribution in [2.24, 2.45) is 0 Å². The molecular weight excluding hydrogens is 304 g/mol. The zero-order valence-corrected chi connectivity index (χ0v) is 12.0. The first-order valence-electron chi connectivity index (χ1n) is 5.48. The molecule has 0 aliphatic carbocycles. The summed E-state index contributed by atoms with van der Waals surface area (Å²) in [6, 6.07) is 7.51. The molecule has 1 atom stereocenters. The molecule has 0 radical (unpaired) electrons. The Morgan fingerprint density at radius 2 is 2.00 bits per heavy atom. The molecule has 1 saturated heterocycles. The molecule has 0 aromatic heterocycles. The molecule has 1 aromatic carbocycles. The number of hydrogen-bond acceptors (Lipinski definition) is 3. The van der Waals surface area contributed by atoms with Gasteiger partial charge in [0.15, 0.2) is 0 Å². The third kappa shape index (κ3) is 3.00. The highest BCUT2D eigenvalue weighted by Gasteiger charge is 2.27. The highest BCUT2D eigenvalue weighted by Crippen LogP contribution is 2.22. The van der Waals surface area contributed by atoms with E-state index < -0.39 is 10.0 Å². The Labute approximate surface area is 110 Å². The third-order valence-electron chi connectivity index (χ3n) is 2.74. The van der Waals surface area contributed by atoms with Crippen molar-refractivity contribution in [3.8, 4) is 0 Å². The molecule has 0 amide bonds. The Morgan fingerprint density at radius 1 is 1.35 bits per heavy atom. The predicted molar refractivity (Wildman–Crippen MR) is 72.7 cm³/mol. The normalized spacial score (nSPS) is 24.4. The third-order valence-corrected chi connectivity index (χ3v) is 5.02. The number of halogens is 1. The largest absolute Gasteiger partial charge is 0.311 e. The van der Waals surface area contributed by atoms with Crippen LogP contribution in [0, 0.1) is 0 Å². The van der Waals surface area contributed by atoms with E-state index in [-0.39, 0.29) is 11.8 Å². The predicted octanol–water partition coefficient (Wildman–Crippen LogP) is 1.58. The zero-order valence-electron chi connectivity index (χ0n) is 9.56. The summed E-state index contributed by atoms with van der Waals surface area (Å²) in [5.41, 5.74) is 0.726. The van der Waals surface area contributed by atoms with Crippen molar-refractivity contribution < 1.29 is 8.42 Å². The van der Waals surface area contributed by atoms with Gasteiger partial charge in [-0.25, -0.2) is 8.42 Å². The maximum Gasteiger partial charge on any atom is 0.236 e. The van der Waals surface area contributed by atoms with Crippen molar-refractivity contribution in [2.45, 2.75) is 13.0 Å². The van der Waals surface area contributed by atoms with E-state index in [1.807, 2.05) is 31.2 Å². The number of sulfonamides is 1. The number of benzene rings is 1. The van der Waals surface area contributed by atoms with Gasteiger partial charge in [0.25, 0.3) is 0 Å². The van der Waals surface area contributed by atoms with E-state index in [4.69, 9.17) is 0 Å². The highest BCUT2D eigenvalue weighted by atomic mass is 79.9. The van der Waals surface area contributed by atoms with Gasteiger partial charge in [0.05, 0.1) is 11.4 Å². The SMILES string of the molecule is CC1CN(c2ccc(Br)cc2)S(=O)(=O)CCN1. The molecule has 4 nitrogen and oxygen atoms in total. The van der Waals surface area contributed by atoms with E-state index in [1.165, 1.54) is 4.31 Å². The van der Waals surface area contributed by atoms with Gasteiger partial charge in [-0.3, -0.25) is 4.31 Å². The maximum absolute atomic E-state index is 12.1. The minimum absolute atomic E-state index is 0.146. The molecule has 1 heterocycles. The molecule has 0 bridgehead atoms. The molecule has 17 heavy (non-hydrogen) atoms. The molecular formula is C11H15BrN2O2S. The molecule has 0 spiro atoms. The van der Waals surface area contributed by atoms with E-state index >= 15 is 0 Å². The highest BCUT2D eigenvalue weighted by molar-refractivity contribution is 9.10. The van der Waals surface area contributed by atoms with Gasteiger partial charge in [0.2, 0.25) is 10.0 Å². The Morgan fingerprint density at radius 3 is 2.65 bits per heavy atom. The number of hydrogen-bond donors (Lipinski definition) is 1. The zero-order chi connectivity index (χ0) is 12.5. The van der Waals surface area contributed by atoms with Crippen molar-refractivity contribution >= 4 is 31.6 Å². The summed E-state index contributed by atoms with van der Waals surface area (Å²) in [7, 11) is -3.20. The van der Waals surface area contributed by atoms with Crippen molar-refractivity contribution in [3.63, 3.8) is 0 Å². The van der Waals surface area contributed by atoms with Crippen molar-refractivity contribution in [3.05, 3.63) is 28.7 Å². The van der Waals surface area contributed by atoms with Crippen LogP contribution >= 0.6 is 15.9 Å². The average Bonchev–Trinajstić information content (AvgIpc) is 2.39. The van der Waals surface area contributed by atoms with Crippen molar-refractivity contribution in [1.82, 2.24) is 5.32 Å². The first-order valence-corrected chi connectivity index (χ1v) is 7.88. The first kappa shape index (κ1) is 12.9. The molecule has 6 heteroatoms. The Bertz CT molecular complexity index is 487. The summed E-state index contributed by atoms with van der Waals surface area (Å²) < 4.78 is 26.6. The van der Waals surface area contributed by atoms with Crippen LogP contribution in [0.15, 0.2) is 28.7 Å². The minimum atomic E-state index is -3.20. The Balaban J connectivity index is 2.36. The average molecular weight is 319 g/mol. The van der Waals surface area contributed by atoms with Crippen LogP contribution in [-0.2, 0) is 10.0 Å². The molecule has 1 fully saturated rings. The summed E-state index contributed by atoms with van der Waals surface area (Å²) in [4.78, 5) is 0. The summed E-state index contributed by atoms with van der Waals surface area (Å²) >= 11 is 3.34. The summed E-state index contributed by atoms with van der Waals surface area (Å²) in [5.74, 6) is 0.146. The van der Waals surface area contributed by atoms with Gasteiger partial charge in [-0.2, -0.15) is 0 Å². The fourth-order valence-electron chi connectivity index (χ4n) is 1.84. The van der Waals surface area contributed by atoms with Crippen LogP contribution in [0.25, 0.3) is 0 Å². The molecule has 1 aliphatic heterocycles. The molecule has 2 rings (SSSR count). The van der Waals surface area contributed by atoms with Crippen LogP contribution in [0.2, 0.25) is 0 Å². The molecule has 1 aliphatic rings. The fraction of sp³-hybridized carbons (Fsp3) is 0.455. The van der Waals surface area contributed by atoms with Crippen LogP contribution < -0.4 is 9.62 Å². The van der Waals surface area contributed by atoms with Crippen LogP contribution in [0.1, 0.15) is 6.92 Å². The molecule has 1 unspecified atom stereocenters. The fourth-order valence-corrected chi connectivity index (χ4v) is 3.60. The standard InChI is InChI=1S/C11H15BrN2O2S/c1-9-8-14(17(15,16)7-6-13-9)11-4-2-10(12)3-5-11/h2-5,9,13H,6-8H2,1H3. The lowest BCUT2D eigenvalue weighted by Crippen LogP contribution is -2.37. The molecule has 1 aromatic rings. The first-order chi connectivity index (χ1) is 7.99. The van der Waals surface area contributed by atoms with Gasteiger partial charge in [-0.05, 0) is 31.2 Å². The monoisotopic (exact) mass is 318 g/mol. The minimum Gasteiger partial charge on any atom is -0.311 e. The summed E-state index contributed by atoms with van der Waals surface area (Å²) in [6.45, 7) is 2.98. The second kappa shape index (κ2) is 4.96. The Kier molecular flexibility index (Phi) is 3.75. The maximum atomic E-state index is 12.1. The lowest BCUT2D eigenvalue weighted by molar-refractivity contribution is 0.587. The Hall–Kier alpha value is -0.590. The smallest absolute Gasteiger partial charge is 0.236 e. The lowest BCUT2D eigenvalue weighted by Gasteiger charge is -2.23. The van der Waals surface area contributed by atoms with E-state index in [0.717, 1.165) is 10.2 Å². The van der Waals surface area contributed by atoms with Crippen molar-refractivity contribution in [1.29, 1.82) is 0 Å². The van der Waals surface area contributed by atoms with Gasteiger partial charge in [0.1, 0.15) is 0 Å². The number of anilines is 1. The van der Waals surface area contributed by atoms with Crippen LogP contribution in [0.3, 0.4) is 0 Å². The van der Waals surface area contributed by atoms with Gasteiger partial charge in [0, 0.05) is 23.6 Å². The van der Waals surface area contributed by atoms with Crippen LogP contribution in [-0.4, -0.2) is 33.3 Å². The number of nitrogens with zero attached hydrogens (tertiary/aromatic N) is 1. The number of rotatable bonds is 1. The van der Waals surface area contributed by atoms with E-state index in [9.17, 15) is 8.42 Å². The van der Waals surface area contributed by atoms with Gasteiger partial charge in [-0.1, -0.05) is 15.9 Å². The topological polar surface area (TPSA) is 49.4 Å². The second-order valence-corrected chi connectivity index (χ2v) is 7.11. The molecule has 1 N–H and O–H groups in total. The van der Waals surface area contributed by atoms with Gasteiger partial charge < -0.3 is 5.32 Å².